The van der Waals surface area contributed by atoms with Crippen molar-refractivity contribution in [2.75, 3.05) is 6.61 Å². The summed E-state index contributed by atoms with van der Waals surface area (Å²) in [6.45, 7) is 4.66. The maximum atomic E-state index is 11.1. The van der Waals surface area contributed by atoms with E-state index < -0.39 is 6.29 Å². The molecule has 1 radical (unpaired) electrons. The van der Waals surface area contributed by atoms with Crippen molar-refractivity contribution in [3.63, 3.8) is 0 Å². The standard InChI is InChI=1S/C13H27O2/c1-3-5-6-7-8-9-10-11-12-13(14)15-4-2/h13H,3-12H2,1-2H3. The Morgan fingerprint density at radius 2 is 1.40 bits per heavy atom. The molecule has 0 aliphatic carbocycles. The predicted molar refractivity (Wildman–Crippen MR) is 63.3 cm³/mol. The van der Waals surface area contributed by atoms with Crippen molar-refractivity contribution >= 4 is 0 Å². The highest BCUT2D eigenvalue weighted by molar-refractivity contribution is 4.48. The molecule has 0 heterocycles. The lowest BCUT2D eigenvalue weighted by Gasteiger charge is -2.07. The van der Waals surface area contributed by atoms with E-state index in [1.54, 1.807) is 0 Å². The SMILES string of the molecule is CCCCCCCCCCC([O])OCC. The summed E-state index contributed by atoms with van der Waals surface area (Å²) in [5.41, 5.74) is 0. The smallest absolute Gasteiger partial charge is 0.191 e. The monoisotopic (exact) mass is 215 g/mol. The minimum Gasteiger partial charge on any atom is -0.350 e. The third-order valence-corrected chi connectivity index (χ3v) is 2.65. The molecule has 0 rings (SSSR count). The molecule has 0 aromatic carbocycles. The fraction of sp³-hybridized carbons (Fsp3) is 1.00. The molecule has 0 spiro atoms. The molecule has 0 saturated carbocycles. The van der Waals surface area contributed by atoms with Crippen LogP contribution in [0, 0.1) is 0 Å². The van der Waals surface area contributed by atoms with Gasteiger partial charge in [-0.3, -0.25) is 0 Å². The van der Waals surface area contributed by atoms with Crippen LogP contribution in [-0.2, 0) is 9.84 Å². The van der Waals surface area contributed by atoms with Crippen LogP contribution in [0.5, 0.6) is 0 Å². The summed E-state index contributed by atoms with van der Waals surface area (Å²) in [7, 11) is 0. The van der Waals surface area contributed by atoms with Crippen LogP contribution in [0.3, 0.4) is 0 Å². The van der Waals surface area contributed by atoms with E-state index in [1.165, 1.54) is 44.9 Å². The molecule has 0 aromatic rings. The Balaban J connectivity index is 2.98. The quantitative estimate of drug-likeness (QED) is 0.373. The average Bonchev–Trinajstić information content (AvgIpc) is 2.22. The van der Waals surface area contributed by atoms with E-state index >= 15 is 0 Å². The molecule has 0 aromatic heterocycles. The normalized spacial score (nSPS) is 13.0. The number of ether oxygens (including phenoxy) is 1. The molecule has 0 aliphatic rings. The van der Waals surface area contributed by atoms with E-state index in [9.17, 15) is 5.11 Å². The number of hydrogen-bond acceptors (Lipinski definition) is 1. The summed E-state index contributed by atoms with van der Waals surface area (Å²) >= 11 is 0. The molecule has 1 unspecified atom stereocenters. The van der Waals surface area contributed by atoms with Crippen LogP contribution < -0.4 is 0 Å². The topological polar surface area (TPSA) is 29.1 Å². The van der Waals surface area contributed by atoms with E-state index in [-0.39, 0.29) is 0 Å². The molecule has 0 amide bonds. The summed E-state index contributed by atoms with van der Waals surface area (Å²) in [6.07, 6.45) is 10.2. The summed E-state index contributed by atoms with van der Waals surface area (Å²) in [5.74, 6) is 0. The second-order valence-electron chi connectivity index (χ2n) is 4.15. The van der Waals surface area contributed by atoms with Gasteiger partial charge in [0.15, 0.2) is 6.29 Å². The number of hydrogen-bond donors (Lipinski definition) is 0. The van der Waals surface area contributed by atoms with E-state index in [4.69, 9.17) is 4.74 Å². The molecule has 0 N–H and O–H groups in total. The fourth-order valence-corrected chi connectivity index (χ4v) is 1.71. The highest BCUT2D eigenvalue weighted by atomic mass is 16.6. The van der Waals surface area contributed by atoms with Gasteiger partial charge < -0.3 is 4.74 Å². The Labute approximate surface area is 95.0 Å². The molecule has 1 atom stereocenters. The lowest BCUT2D eigenvalue weighted by molar-refractivity contribution is -0.140. The van der Waals surface area contributed by atoms with E-state index in [2.05, 4.69) is 6.92 Å². The molecule has 0 saturated heterocycles. The first kappa shape index (κ1) is 14.9. The Morgan fingerprint density at radius 3 is 1.93 bits per heavy atom. The predicted octanol–water partition coefficient (Wildman–Crippen LogP) is 4.31. The van der Waals surface area contributed by atoms with Crippen molar-refractivity contribution in [2.24, 2.45) is 0 Å². The first-order chi connectivity index (χ1) is 7.31. The lowest BCUT2D eigenvalue weighted by Crippen LogP contribution is -2.09. The minimum absolute atomic E-state index is 0.547. The summed E-state index contributed by atoms with van der Waals surface area (Å²) in [5, 5.41) is 11.1. The molecular weight excluding hydrogens is 188 g/mol. The van der Waals surface area contributed by atoms with E-state index in [0.717, 1.165) is 6.42 Å². The van der Waals surface area contributed by atoms with Crippen LogP contribution in [0.4, 0.5) is 0 Å². The maximum absolute atomic E-state index is 11.1. The molecule has 0 aliphatic heterocycles. The number of rotatable bonds is 11. The molecule has 91 valence electrons. The maximum Gasteiger partial charge on any atom is 0.191 e. The van der Waals surface area contributed by atoms with Gasteiger partial charge in [0, 0.05) is 13.0 Å². The first-order valence-electron chi connectivity index (χ1n) is 6.58. The van der Waals surface area contributed by atoms with Crippen molar-refractivity contribution in [3.05, 3.63) is 0 Å². The van der Waals surface area contributed by atoms with Gasteiger partial charge in [0.2, 0.25) is 0 Å². The van der Waals surface area contributed by atoms with Crippen LogP contribution in [0.25, 0.3) is 0 Å². The summed E-state index contributed by atoms with van der Waals surface area (Å²) < 4.78 is 4.95. The van der Waals surface area contributed by atoms with Crippen molar-refractivity contribution in [2.45, 2.75) is 77.9 Å². The van der Waals surface area contributed by atoms with Crippen molar-refractivity contribution < 1.29 is 9.84 Å². The highest BCUT2D eigenvalue weighted by Crippen LogP contribution is 2.10. The van der Waals surface area contributed by atoms with Crippen LogP contribution >= 0.6 is 0 Å². The van der Waals surface area contributed by atoms with Gasteiger partial charge in [-0.15, -0.1) is 0 Å². The van der Waals surface area contributed by atoms with E-state index in [0.29, 0.717) is 13.0 Å². The second-order valence-corrected chi connectivity index (χ2v) is 4.15. The molecular formula is C13H27O2. The zero-order chi connectivity index (χ0) is 11.4. The van der Waals surface area contributed by atoms with Crippen LogP contribution in [0.2, 0.25) is 0 Å². The van der Waals surface area contributed by atoms with Gasteiger partial charge >= 0.3 is 0 Å². The van der Waals surface area contributed by atoms with Gasteiger partial charge in [-0.2, -0.15) is 0 Å². The van der Waals surface area contributed by atoms with Crippen molar-refractivity contribution in [1.82, 2.24) is 0 Å². The fourth-order valence-electron chi connectivity index (χ4n) is 1.71. The number of unbranched alkanes of at least 4 members (excludes halogenated alkanes) is 7. The molecule has 0 fully saturated rings. The van der Waals surface area contributed by atoms with Crippen LogP contribution in [-0.4, -0.2) is 12.9 Å². The van der Waals surface area contributed by atoms with E-state index in [1.807, 2.05) is 6.92 Å². The Hall–Kier alpha value is -0.0800. The lowest BCUT2D eigenvalue weighted by atomic mass is 10.1. The second kappa shape index (κ2) is 12.0. The molecule has 15 heavy (non-hydrogen) atoms. The third kappa shape index (κ3) is 11.8. The van der Waals surface area contributed by atoms with Gasteiger partial charge in [-0.25, -0.2) is 5.11 Å². The van der Waals surface area contributed by atoms with Gasteiger partial charge in [0.25, 0.3) is 0 Å². The van der Waals surface area contributed by atoms with Crippen LogP contribution in [0.1, 0.15) is 71.6 Å². The first-order valence-corrected chi connectivity index (χ1v) is 6.58. The zero-order valence-corrected chi connectivity index (χ0v) is 10.5. The molecule has 2 heteroatoms. The van der Waals surface area contributed by atoms with Gasteiger partial charge in [0.1, 0.15) is 0 Å². The van der Waals surface area contributed by atoms with Crippen molar-refractivity contribution in [3.8, 4) is 0 Å². The zero-order valence-electron chi connectivity index (χ0n) is 10.5. The minimum atomic E-state index is -0.782. The largest absolute Gasteiger partial charge is 0.350 e. The van der Waals surface area contributed by atoms with Gasteiger partial charge in [0.05, 0.1) is 0 Å². The molecule has 2 nitrogen and oxygen atoms in total. The van der Waals surface area contributed by atoms with Gasteiger partial charge in [-0.1, -0.05) is 51.9 Å². The Kier molecular flexibility index (Phi) is 11.9. The highest BCUT2D eigenvalue weighted by Gasteiger charge is 2.03. The molecule has 0 bridgehead atoms. The third-order valence-electron chi connectivity index (χ3n) is 2.65. The Morgan fingerprint density at radius 1 is 0.867 bits per heavy atom. The van der Waals surface area contributed by atoms with Crippen LogP contribution in [0.15, 0.2) is 0 Å². The van der Waals surface area contributed by atoms with Crippen molar-refractivity contribution in [1.29, 1.82) is 0 Å². The summed E-state index contributed by atoms with van der Waals surface area (Å²) in [4.78, 5) is 0. The Bertz CT molecular complexity index is 115. The van der Waals surface area contributed by atoms with Gasteiger partial charge in [-0.05, 0) is 13.3 Å². The average molecular weight is 215 g/mol. The summed E-state index contributed by atoms with van der Waals surface area (Å²) in [6, 6.07) is 0.